The summed E-state index contributed by atoms with van der Waals surface area (Å²) in [5.74, 6) is -2.98. The van der Waals surface area contributed by atoms with Crippen LogP contribution in [0.4, 0.5) is 10.1 Å². The number of carboxylic acids is 1. The number of anilines is 1. The molecule has 2 aliphatic carbocycles. The van der Waals surface area contributed by atoms with E-state index in [-0.39, 0.29) is 17.7 Å². The van der Waals surface area contributed by atoms with E-state index in [9.17, 15) is 19.1 Å². The molecule has 1 amide bonds. The number of aliphatic carboxylic acids is 1. The first-order valence-electron chi connectivity index (χ1n) is 7.25. The fourth-order valence-electron chi connectivity index (χ4n) is 3.90. The van der Waals surface area contributed by atoms with Gasteiger partial charge in [-0.05, 0) is 55.7 Å². The van der Waals surface area contributed by atoms with Crippen molar-refractivity contribution < 1.29 is 19.1 Å². The third kappa shape index (κ3) is 2.41. The second-order valence-corrected chi connectivity index (χ2v) is 6.16. The average molecular weight is 290 g/mol. The molecule has 0 unspecified atom stereocenters. The van der Waals surface area contributed by atoms with Gasteiger partial charge in [0.05, 0.1) is 0 Å². The molecule has 1 N–H and O–H groups in total. The summed E-state index contributed by atoms with van der Waals surface area (Å²) in [5, 5.41) is 14.0. The second kappa shape index (κ2) is 5.13. The van der Waals surface area contributed by atoms with E-state index in [1.807, 2.05) is 0 Å². The molecule has 0 aliphatic heterocycles. The van der Waals surface area contributed by atoms with Crippen molar-refractivity contribution >= 4 is 17.6 Å². The van der Waals surface area contributed by atoms with Gasteiger partial charge >= 0.3 is 0 Å². The minimum atomic E-state index is -1.14. The Kier molecular flexibility index (Phi) is 3.43. The lowest BCUT2D eigenvalue weighted by molar-refractivity contribution is -0.314. The Morgan fingerprint density at radius 3 is 2.52 bits per heavy atom. The SMILES string of the molecule is Cc1ccc(NC(=O)[C@@H]2[C@H]3CC[C@@H](C3)[C@@H]2C(=O)[O-])cc1F. The molecule has 0 saturated heterocycles. The van der Waals surface area contributed by atoms with Gasteiger partial charge in [-0.2, -0.15) is 0 Å². The zero-order valence-corrected chi connectivity index (χ0v) is 11.8. The molecular weight excluding hydrogens is 273 g/mol. The molecule has 0 radical (unpaired) electrons. The van der Waals surface area contributed by atoms with Crippen molar-refractivity contribution in [2.24, 2.45) is 23.7 Å². The Labute approximate surface area is 122 Å². The van der Waals surface area contributed by atoms with Crippen LogP contribution in [0, 0.1) is 36.4 Å². The number of carbonyl (C=O) groups excluding carboxylic acids is 2. The van der Waals surface area contributed by atoms with Crippen LogP contribution in [0.1, 0.15) is 24.8 Å². The standard InChI is InChI=1S/C16H18FNO3/c1-8-2-5-11(7-12(8)17)18-15(19)13-9-3-4-10(6-9)14(13)16(20)21/h2,5,7,9-10,13-14H,3-4,6H2,1H3,(H,18,19)(H,20,21)/p-1/t9-,10-,13+,14-/m0/s1. The van der Waals surface area contributed by atoms with E-state index in [0.717, 1.165) is 19.3 Å². The first-order chi connectivity index (χ1) is 9.97. The predicted molar refractivity (Wildman–Crippen MR) is 72.6 cm³/mol. The zero-order chi connectivity index (χ0) is 15.1. The van der Waals surface area contributed by atoms with E-state index in [0.29, 0.717) is 11.3 Å². The number of aryl methyl sites for hydroxylation is 1. The van der Waals surface area contributed by atoms with Crippen LogP contribution in [-0.2, 0) is 9.59 Å². The minimum Gasteiger partial charge on any atom is -0.550 e. The van der Waals surface area contributed by atoms with Crippen LogP contribution >= 0.6 is 0 Å². The number of carboxylic acid groups (broad SMARTS) is 1. The molecule has 5 heteroatoms. The maximum atomic E-state index is 13.5. The number of halogens is 1. The van der Waals surface area contributed by atoms with Crippen LogP contribution in [0.25, 0.3) is 0 Å². The normalized spacial score (nSPS) is 30.4. The summed E-state index contributed by atoms with van der Waals surface area (Å²) in [6.45, 7) is 1.64. The molecule has 4 nitrogen and oxygen atoms in total. The van der Waals surface area contributed by atoms with Crippen LogP contribution in [0.5, 0.6) is 0 Å². The molecule has 21 heavy (non-hydrogen) atoms. The number of hydrogen-bond donors (Lipinski definition) is 1. The number of nitrogens with one attached hydrogen (secondary N) is 1. The van der Waals surface area contributed by atoms with Crippen molar-refractivity contribution in [3.63, 3.8) is 0 Å². The Bertz CT molecular complexity index is 601. The Balaban J connectivity index is 1.78. The van der Waals surface area contributed by atoms with Gasteiger partial charge in [0.15, 0.2) is 0 Å². The quantitative estimate of drug-likeness (QED) is 0.917. The number of benzene rings is 1. The largest absolute Gasteiger partial charge is 0.550 e. The van der Waals surface area contributed by atoms with E-state index < -0.39 is 23.6 Å². The van der Waals surface area contributed by atoms with E-state index in [1.54, 1.807) is 19.1 Å². The molecule has 1 aromatic rings. The highest BCUT2D eigenvalue weighted by atomic mass is 19.1. The van der Waals surface area contributed by atoms with Crippen molar-refractivity contribution in [3.05, 3.63) is 29.6 Å². The van der Waals surface area contributed by atoms with Crippen LogP contribution < -0.4 is 10.4 Å². The lowest BCUT2D eigenvalue weighted by Gasteiger charge is -2.30. The first-order valence-corrected chi connectivity index (χ1v) is 7.25. The third-order valence-corrected chi connectivity index (χ3v) is 4.93. The molecule has 2 saturated carbocycles. The summed E-state index contributed by atoms with van der Waals surface area (Å²) in [6.07, 6.45) is 2.51. The molecular formula is C16H17FNO3-. The van der Waals surface area contributed by atoms with Gasteiger partial charge in [0, 0.05) is 23.5 Å². The smallest absolute Gasteiger partial charge is 0.228 e. The number of carbonyl (C=O) groups is 2. The van der Waals surface area contributed by atoms with Gasteiger partial charge < -0.3 is 15.2 Å². The number of fused-ring (bicyclic) bond motifs is 2. The predicted octanol–water partition coefficient (Wildman–Crippen LogP) is 1.48. The summed E-state index contributed by atoms with van der Waals surface area (Å²) < 4.78 is 13.5. The Morgan fingerprint density at radius 2 is 1.90 bits per heavy atom. The number of rotatable bonds is 3. The fraction of sp³-hybridized carbons (Fsp3) is 0.500. The maximum Gasteiger partial charge on any atom is 0.228 e. The lowest BCUT2D eigenvalue weighted by Crippen LogP contribution is -2.43. The molecule has 0 heterocycles. The van der Waals surface area contributed by atoms with Gasteiger partial charge in [0.25, 0.3) is 0 Å². The van der Waals surface area contributed by atoms with Gasteiger partial charge in [-0.3, -0.25) is 4.79 Å². The van der Waals surface area contributed by atoms with Gasteiger partial charge in [-0.15, -0.1) is 0 Å². The fourth-order valence-corrected chi connectivity index (χ4v) is 3.90. The van der Waals surface area contributed by atoms with Crippen molar-refractivity contribution in [1.29, 1.82) is 0 Å². The molecule has 2 fully saturated rings. The lowest BCUT2D eigenvalue weighted by atomic mass is 9.78. The average Bonchev–Trinajstić information content (AvgIpc) is 3.03. The molecule has 2 aliphatic rings. The minimum absolute atomic E-state index is 0.0468. The highest BCUT2D eigenvalue weighted by Crippen LogP contribution is 2.52. The Morgan fingerprint density at radius 1 is 1.24 bits per heavy atom. The van der Waals surface area contributed by atoms with Gasteiger partial charge in [0.2, 0.25) is 5.91 Å². The summed E-state index contributed by atoms with van der Waals surface area (Å²) >= 11 is 0. The Hall–Kier alpha value is -1.91. The van der Waals surface area contributed by atoms with Crippen molar-refractivity contribution in [1.82, 2.24) is 0 Å². The maximum absolute atomic E-state index is 13.5. The number of hydrogen-bond acceptors (Lipinski definition) is 3. The molecule has 2 bridgehead atoms. The van der Waals surface area contributed by atoms with E-state index in [2.05, 4.69) is 5.32 Å². The van der Waals surface area contributed by atoms with Crippen LogP contribution in [-0.4, -0.2) is 11.9 Å². The van der Waals surface area contributed by atoms with Gasteiger partial charge in [-0.25, -0.2) is 4.39 Å². The highest BCUT2D eigenvalue weighted by molar-refractivity contribution is 5.95. The monoisotopic (exact) mass is 290 g/mol. The summed E-state index contributed by atoms with van der Waals surface area (Å²) in [5.41, 5.74) is 0.864. The van der Waals surface area contributed by atoms with Gasteiger partial charge in [-0.1, -0.05) is 6.07 Å². The molecule has 4 atom stereocenters. The van der Waals surface area contributed by atoms with Crippen molar-refractivity contribution in [2.75, 3.05) is 5.32 Å². The molecule has 1 aromatic carbocycles. The zero-order valence-electron chi connectivity index (χ0n) is 11.8. The van der Waals surface area contributed by atoms with Crippen molar-refractivity contribution in [2.45, 2.75) is 26.2 Å². The second-order valence-electron chi connectivity index (χ2n) is 6.16. The first kappa shape index (κ1) is 14.0. The molecule has 0 spiro atoms. The van der Waals surface area contributed by atoms with Crippen LogP contribution in [0.2, 0.25) is 0 Å². The highest BCUT2D eigenvalue weighted by Gasteiger charge is 2.51. The topological polar surface area (TPSA) is 69.2 Å². The van der Waals surface area contributed by atoms with E-state index in [1.165, 1.54) is 6.07 Å². The van der Waals surface area contributed by atoms with Gasteiger partial charge in [0.1, 0.15) is 5.82 Å². The van der Waals surface area contributed by atoms with E-state index >= 15 is 0 Å². The van der Waals surface area contributed by atoms with Crippen molar-refractivity contribution in [3.8, 4) is 0 Å². The molecule has 0 aromatic heterocycles. The summed E-state index contributed by atoms with van der Waals surface area (Å²) in [4.78, 5) is 23.7. The summed E-state index contributed by atoms with van der Waals surface area (Å²) in [6, 6.07) is 4.47. The van der Waals surface area contributed by atoms with Crippen LogP contribution in [0.3, 0.4) is 0 Å². The molecule has 112 valence electrons. The van der Waals surface area contributed by atoms with E-state index in [4.69, 9.17) is 0 Å². The number of amides is 1. The molecule has 3 rings (SSSR count). The summed E-state index contributed by atoms with van der Waals surface area (Å²) in [7, 11) is 0. The van der Waals surface area contributed by atoms with Crippen LogP contribution in [0.15, 0.2) is 18.2 Å². The third-order valence-electron chi connectivity index (χ3n) is 4.93.